The van der Waals surface area contributed by atoms with E-state index in [9.17, 15) is 52.7 Å². The van der Waals surface area contributed by atoms with Gasteiger partial charge in [0.1, 0.15) is 35.9 Å². The molecule has 172 valence electrons. The highest BCUT2D eigenvalue weighted by Crippen LogP contribution is 2.42. The van der Waals surface area contributed by atoms with Crippen molar-refractivity contribution in [3.05, 3.63) is 67.6 Å². The van der Waals surface area contributed by atoms with Gasteiger partial charge in [-0.2, -0.15) is 63.2 Å². The zero-order valence-corrected chi connectivity index (χ0v) is 17.1. The summed E-state index contributed by atoms with van der Waals surface area (Å²) in [7, 11) is 0. The van der Waals surface area contributed by atoms with E-state index in [0.29, 0.717) is 0 Å². The summed E-state index contributed by atoms with van der Waals surface area (Å²) in [5.74, 6) is 0. The van der Waals surface area contributed by atoms with E-state index in [1.165, 1.54) is 30.3 Å². The van der Waals surface area contributed by atoms with Gasteiger partial charge in [-0.05, 0) is 18.2 Å². The van der Waals surface area contributed by atoms with Crippen molar-refractivity contribution in [2.75, 3.05) is 0 Å². The maximum Gasteiger partial charge on any atom is 0.417 e. The molecule has 0 radical (unpaired) electrons. The Hall–Kier alpha value is -5.81. The topological polar surface area (TPSA) is 167 Å². The van der Waals surface area contributed by atoms with Gasteiger partial charge in [-0.15, -0.1) is 0 Å². The van der Waals surface area contributed by atoms with Crippen molar-refractivity contribution in [2.24, 2.45) is 0 Å². The zero-order valence-electron chi connectivity index (χ0n) is 17.1. The lowest BCUT2D eigenvalue weighted by atomic mass is 9.86. The van der Waals surface area contributed by atoms with Crippen LogP contribution in [-0.2, 0) is 12.4 Å². The van der Waals surface area contributed by atoms with Crippen LogP contribution in [-0.4, -0.2) is 0 Å². The molecular formula is C23H3F6N7. The van der Waals surface area contributed by atoms with Crippen molar-refractivity contribution in [3.63, 3.8) is 0 Å². The molecule has 2 aromatic carbocycles. The van der Waals surface area contributed by atoms with Gasteiger partial charge in [-0.1, -0.05) is 0 Å². The third kappa shape index (κ3) is 4.48. The minimum atomic E-state index is -5.58. The largest absolute Gasteiger partial charge is 0.417 e. The van der Waals surface area contributed by atoms with Gasteiger partial charge in [-0.3, -0.25) is 0 Å². The summed E-state index contributed by atoms with van der Waals surface area (Å²) in [5, 5.41) is 64.5. The molecule has 0 aliphatic heterocycles. The van der Waals surface area contributed by atoms with Crippen LogP contribution in [0.4, 0.5) is 26.3 Å². The predicted molar refractivity (Wildman–Crippen MR) is 104 cm³/mol. The Morgan fingerprint density at radius 2 is 1.06 bits per heavy atom. The maximum atomic E-state index is 13.9. The summed E-state index contributed by atoms with van der Waals surface area (Å²) in [6.07, 6.45) is -11.1. The Morgan fingerprint density at radius 1 is 0.583 bits per heavy atom. The van der Waals surface area contributed by atoms with Crippen molar-refractivity contribution >= 4 is 11.1 Å². The lowest BCUT2D eigenvalue weighted by molar-refractivity contribution is -0.143. The van der Waals surface area contributed by atoms with Gasteiger partial charge in [0.25, 0.3) is 0 Å². The molecule has 0 N–H and O–H groups in total. The number of benzene rings is 2. The third-order valence-corrected chi connectivity index (χ3v) is 4.67. The molecule has 0 heterocycles. The number of hydrogen-bond donors (Lipinski definition) is 0. The van der Waals surface area contributed by atoms with Crippen LogP contribution in [0, 0.1) is 79.3 Å². The first-order valence-electron chi connectivity index (χ1n) is 8.93. The van der Waals surface area contributed by atoms with Crippen molar-refractivity contribution in [3.8, 4) is 42.5 Å². The molecule has 0 aliphatic carbocycles. The van der Waals surface area contributed by atoms with Gasteiger partial charge in [0, 0.05) is 16.0 Å². The first-order chi connectivity index (χ1) is 16.8. The average molecular weight is 491 g/mol. The van der Waals surface area contributed by atoms with Gasteiger partial charge in [-0.25, -0.2) is 0 Å². The fourth-order valence-corrected chi connectivity index (χ4v) is 3.24. The SMILES string of the molecule is N#CC(C#N)=c1cc(C#N)c(=C(C#N)c2c(C(F)(F)F)cc(C(F)(F)F)c(C#N)c2C#N)c(C#N)c1. The maximum absolute atomic E-state index is 13.9. The van der Waals surface area contributed by atoms with E-state index in [1.54, 1.807) is 0 Å². The molecule has 0 aliphatic rings. The fourth-order valence-electron chi connectivity index (χ4n) is 3.24. The van der Waals surface area contributed by atoms with Crippen LogP contribution < -0.4 is 10.4 Å². The van der Waals surface area contributed by atoms with Crippen LogP contribution in [0.25, 0.3) is 11.1 Å². The van der Waals surface area contributed by atoms with E-state index in [2.05, 4.69) is 0 Å². The van der Waals surface area contributed by atoms with Gasteiger partial charge in [0.15, 0.2) is 0 Å². The highest BCUT2D eigenvalue weighted by Gasteiger charge is 2.43. The van der Waals surface area contributed by atoms with Crippen LogP contribution in [0.3, 0.4) is 0 Å². The third-order valence-electron chi connectivity index (χ3n) is 4.67. The van der Waals surface area contributed by atoms with Gasteiger partial charge in [0.05, 0.1) is 51.1 Å². The molecule has 2 aromatic rings. The average Bonchev–Trinajstić information content (AvgIpc) is 2.83. The molecule has 0 amide bonds. The Kier molecular flexibility index (Phi) is 7.04. The van der Waals surface area contributed by atoms with Crippen LogP contribution in [0.2, 0.25) is 0 Å². The normalized spacial score (nSPS) is 10.3. The molecule has 0 spiro atoms. The molecule has 0 saturated carbocycles. The molecule has 0 bridgehead atoms. The Labute approximate surface area is 197 Å². The van der Waals surface area contributed by atoms with Gasteiger partial charge in [0.2, 0.25) is 0 Å². The van der Waals surface area contributed by atoms with E-state index in [1.807, 2.05) is 0 Å². The van der Waals surface area contributed by atoms with Crippen LogP contribution in [0.5, 0.6) is 0 Å². The summed E-state index contributed by atoms with van der Waals surface area (Å²) in [4.78, 5) is 0. The molecule has 13 heteroatoms. The minimum absolute atomic E-state index is 0.296. The molecule has 0 atom stereocenters. The first kappa shape index (κ1) is 26.4. The standard InChI is InChI=1S/C23H3F6N7/c24-22(25,26)18-3-19(23(27,28)29)21(16(9-35)15(18)8-34)17(10-36)20-12(4-30)1-11(2-13(20)5-31)14(6-32)7-33/h1-3H. The molecule has 36 heavy (non-hydrogen) atoms. The van der Waals surface area contributed by atoms with E-state index < -0.39 is 73.7 Å². The quantitative estimate of drug-likeness (QED) is 0.552. The van der Waals surface area contributed by atoms with Crippen LogP contribution in [0.1, 0.15) is 38.9 Å². The fraction of sp³-hybridized carbons (Fsp3) is 0.0870. The Balaban J connectivity index is 3.48. The first-order valence-corrected chi connectivity index (χ1v) is 8.93. The lowest BCUT2D eigenvalue weighted by Crippen LogP contribution is -2.24. The van der Waals surface area contributed by atoms with Crippen molar-refractivity contribution in [1.82, 2.24) is 0 Å². The summed E-state index contributed by atoms with van der Waals surface area (Å²) < 4.78 is 82.1. The molecule has 7 nitrogen and oxygen atoms in total. The molecule has 0 aromatic heterocycles. The van der Waals surface area contributed by atoms with E-state index >= 15 is 0 Å². The van der Waals surface area contributed by atoms with E-state index in [4.69, 9.17) is 10.5 Å². The minimum Gasteiger partial charge on any atom is -0.192 e. The van der Waals surface area contributed by atoms with Gasteiger partial charge < -0.3 is 0 Å². The number of halogens is 6. The number of nitriles is 7. The zero-order chi connectivity index (χ0) is 27.4. The van der Waals surface area contributed by atoms with Gasteiger partial charge >= 0.3 is 12.4 Å². The number of rotatable bonds is 1. The Morgan fingerprint density at radius 3 is 1.39 bits per heavy atom. The number of alkyl halides is 6. The van der Waals surface area contributed by atoms with Crippen molar-refractivity contribution < 1.29 is 26.3 Å². The number of nitrogens with zero attached hydrogens (tertiary/aromatic N) is 7. The van der Waals surface area contributed by atoms with Crippen molar-refractivity contribution in [1.29, 1.82) is 36.8 Å². The summed E-state index contributed by atoms with van der Waals surface area (Å²) in [5.41, 5.74) is -11.8. The molecule has 0 unspecified atom stereocenters. The highest BCUT2D eigenvalue weighted by atomic mass is 19.4. The molecular weight excluding hydrogens is 488 g/mol. The second kappa shape index (κ2) is 9.59. The monoisotopic (exact) mass is 491 g/mol. The number of hydrogen-bond acceptors (Lipinski definition) is 7. The second-order valence-corrected chi connectivity index (χ2v) is 6.57. The van der Waals surface area contributed by atoms with Crippen LogP contribution >= 0.6 is 0 Å². The molecule has 0 fully saturated rings. The molecule has 0 saturated heterocycles. The second-order valence-electron chi connectivity index (χ2n) is 6.57. The lowest BCUT2D eigenvalue weighted by Gasteiger charge is -2.19. The summed E-state index contributed by atoms with van der Waals surface area (Å²) >= 11 is 0. The Bertz CT molecular complexity index is 1670. The summed E-state index contributed by atoms with van der Waals surface area (Å²) in [6, 6.07) is 10.5. The van der Waals surface area contributed by atoms with Crippen molar-refractivity contribution in [2.45, 2.75) is 12.4 Å². The smallest absolute Gasteiger partial charge is 0.192 e. The van der Waals surface area contributed by atoms with Crippen LogP contribution in [0.15, 0.2) is 18.2 Å². The van der Waals surface area contributed by atoms with E-state index in [0.717, 1.165) is 24.3 Å². The molecule has 2 rings (SSSR count). The summed E-state index contributed by atoms with van der Waals surface area (Å²) in [6.45, 7) is 0. The van der Waals surface area contributed by atoms with E-state index in [-0.39, 0.29) is 5.22 Å². The predicted octanol–water partition coefficient (Wildman–Crippen LogP) is 3.13. The highest BCUT2D eigenvalue weighted by molar-refractivity contribution is 5.86.